The summed E-state index contributed by atoms with van der Waals surface area (Å²) in [5.41, 5.74) is 1.47. The maximum Gasteiger partial charge on any atom is 0.270 e. The molecular weight excluding hydrogens is 378 g/mol. The molecule has 1 heterocycles. The number of carbonyl (C=O) groups excluding carboxylic acids is 1. The van der Waals surface area contributed by atoms with Crippen LogP contribution < -0.4 is 10.1 Å². The van der Waals surface area contributed by atoms with E-state index in [2.05, 4.69) is 17.2 Å². The molecule has 0 atom stereocenters. The molecule has 2 aromatic carbocycles. The molecule has 0 aliphatic carbocycles. The second kappa shape index (κ2) is 9.09. The number of aromatic nitrogens is 1. The second-order valence-corrected chi connectivity index (χ2v) is 7.05. The average Bonchev–Trinajstić information content (AvgIpc) is 3.08. The predicted molar refractivity (Wildman–Crippen MR) is 111 cm³/mol. The van der Waals surface area contributed by atoms with Crippen LogP contribution in [0.4, 0.5) is 10.8 Å². The van der Waals surface area contributed by atoms with E-state index in [1.807, 2.05) is 24.3 Å². The highest BCUT2D eigenvalue weighted by Gasteiger charge is 2.11. The highest BCUT2D eigenvalue weighted by Crippen LogP contribution is 2.29. The maximum absolute atomic E-state index is 12.1. The predicted octanol–water partition coefficient (Wildman–Crippen LogP) is 5.04. The topological polar surface area (TPSA) is 94.4 Å². The summed E-state index contributed by atoms with van der Waals surface area (Å²) in [4.78, 5) is 26.8. The molecule has 8 heteroatoms. The Kier molecular flexibility index (Phi) is 6.33. The van der Waals surface area contributed by atoms with E-state index in [0.29, 0.717) is 22.0 Å². The van der Waals surface area contributed by atoms with Crippen molar-refractivity contribution in [3.8, 4) is 5.75 Å². The van der Waals surface area contributed by atoms with E-state index in [1.165, 1.54) is 29.5 Å². The first kappa shape index (κ1) is 19.5. The minimum atomic E-state index is -0.458. The van der Waals surface area contributed by atoms with Gasteiger partial charge in [0, 0.05) is 18.2 Å². The van der Waals surface area contributed by atoms with Crippen LogP contribution in [0.5, 0.6) is 5.75 Å². The van der Waals surface area contributed by atoms with Crippen LogP contribution in [0, 0.1) is 10.1 Å². The van der Waals surface area contributed by atoms with E-state index in [0.717, 1.165) is 24.2 Å². The van der Waals surface area contributed by atoms with Crippen molar-refractivity contribution in [2.45, 2.75) is 19.8 Å². The quantitative estimate of drug-likeness (QED) is 0.249. The fraction of sp³-hybridized carbons (Fsp3) is 0.200. The Bertz CT molecular complexity index is 1010. The molecule has 0 aliphatic heterocycles. The molecule has 1 amide bonds. The number of nitrogens with one attached hydrogen (secondary N) is 1. The molecule has 1 aromatic heterocycles. The zero-order valence-electron chi connectivity index (χ0n) is 15.3. The molecule has 0 radical (unpaired) electrons. The summed E-state index contributed by atoms with van der Waals surface area (Å²) < 4.78 is 6.25. The van der Waals surface area contributed by atoms with Gasteiger partial charge in [0.1, 0.15) is 5.75 Å². The number of hydrogen-bond acceptors (Lipinski definition) is 6. The zero-order chi connectivity index (χ0) is 19.9. The van der Waals surface area contributed by atoms with Crippen LogP contribution in [0.1, 0.15) is 25.3 Å². The van der Waals surface area contributed by atoms with Gasteiger partial charge in [-0.2, -0.15) is 0 Å². The van der Waals surface area contributed by atoms with Crippen LogP contribution in [-0.2, 0) is 4.79 Å². The van der Waals surface area contributed by atoms with Crippen molar-refractivity contribution in [2.24, 2.45) is 0 Å². The first-order valence-electron chi connectivity index (χ1n) is 8.82. The molecule has 3 aromatic rings. The van der Waals surface area contributed by atoms with Crippen LogP contribution in [0.3, 0.4) is 0 Å². The Balaban J connectivity index is 1.60. The number of non-ortho nitro benzene ring substituents is 1. The summed E-state index contributed by atoms with van der Waals surface area (Å²) in [5.74, 6) is 0.482. The molecular formula is C20H19N3O4S. The number of anilines is 1. The molecule has 0 spiro atoms. The smallest absolute Gasteiger partial charge is 0.270 e. The number of nitrogens with zero attached hydrogens (tertiary/aromatic N) is 2. The maximum atomic E-state index is 12.1. The summed E-state index contributed by atoms with van der Waals surface area (Å²) in [6, 6.07) is 11.9. The monoisotopic (exact) mass is 397 g/mol. The minimum absolute atomic E-state index is 0.00366. The third-order valence-electron chi connectivity index (χ3n) is 3.89. The van der Waals surface area contributed by atoms with Crippen LogP contribution in [-0.4, -0.2) is 22.4 Å². The van der Waals surface area contributed by atoms with Crippen molar-refractivity contribution in [1.82, 2.24) is 4.98 Å². The minimum Gasteiger partial charge on any atom is -0.494 e. The first-order chi connectivity index (χ1) is 13.5. The number of unbranched alkanes of at least 4 members (excludes halogenated alkanes) is 1. The molecule has 0 fully saturated rings. The third-order valence-corrected chi connectivity index (χ3v) is 4.82. The molecule has 0 aliphatic rings. The lowest BCUT2D eigenvalue weighted by atomic mass is 10.2. The third kappa shape index (κ3) is 5.14. The van der Waals surface area contributed by atoms with Crippen LogP contribution in [0.15, 0.2) is 48.5 Å². The Morgan fingerprint density at radius 1 is 1.29 bits per heavy atom. The zero-order valence-corrected chi connectivity index (χ0v) is 16.1. The molecule has 144 valence electrons. The molecule has 0 saturated carbocycles. The number of benzene rings is 2. The van der Waals surface area contributed by atoms with E-state index in [9.17, 15) is 14.9 Å². The van der Waals surface area contributed by atoms with Crippen LogP contribution >= 0.6 is 11.3 Å². The van der Waals surface area contributed by atoms with E-state index < -0.39 is 4.92 Å². The van der Waals surface area contributed by atoms with Gasteiger partial charge in [0.2, 0.25) is 5.91 Å². The summed E-state index contributed by atoms with van der Waals surface area (Å²) in [6.07, 6.45) is 5.22. The number of ether oxygens (including phenoxy) is 1. The standard InChI is InChI=1S/C20H19N3O4S/c1-2-3-12-27-16-8-4-14(5-9-16)6-11-19(24)22-20-21-17-10-7-15(23(25)26)13-18(17)28-20/h4-11,13H,2-3,12H2,1H3,(H,21,22,24)/b11-6+. The van der Waals surface area contributed by atoms with Crippen LogP contribution in [0.2, 0.25) is 0 Å². The van der Waals surface area contributed by atoms with Gasteiger partial charge in [0.15, 0.2) is 5.13 Å². The van der Waals surface area contributed by atoms with Gasteiger partial charge in [-0.3, -0.25) is 20.2 Å². The number of fused-ring (bicyclic) bond motifs is 1. The van der Waals surface area contributed by atoms with Crippen molar-refractivity contribution in [2.75, 3.05) is 11.9 Å². The molecule has 0 bridgehead atoms. The Morgan fingerprint density at radius 3 is 2.79 bits per heavy atom. The van der Waals surface area contributed by atoms with Gasteiger partial charge >= 0.3 is 0 Å². The van der Waals surface area contributed by atoms with Crippen molar-refractivity contribution < 1.29 is 14.5 Å². The van der Waals surface area contributed by atoms with Crippen molar-refractivity contribution in [3.63, 3.8) is 0 Å². The lowest BCUT2D eigenvalue weighted by Gasteiger charge is -2.04. The molecule has 28 heavy (non-hydrogen) atoms. The number of rotatable bonds is 8. The summed E-state index contributed by atoms with van der Waals surface area (Å²) in [5, 5.41) is 13.9. The van der Waals surface area contributed by atoms with E-state index in [1.54, 1.807) is 12.1 Å². The van der Waals surface area contributed by atoms with E-state index in [4.69, 9.17) is 4.74 Å². The SMILES string of the molecule is CCCCOc1ccc(/C=C/C(=O)Nc2nc3ccc([N+](=O)[O-])cc3s2)cc1. The average molecular weight is 397 g/mol. The van der Waals surface area contributed by atoms with Gasteiger partial charge in [-0.15, -0.1) is 0 Å². The number of nitro benzene ring substituents is 1. The molecule has 7 nitrogen and oxygen atoms in total. The Labute approximate surface area is 165 Å². The summed E-state index contributed by atoms with van der Waals surface area (Å²) in [6.45, 7) is 2.81. The number of amides is 1. The fourth-order valence-corrected chi connectivity index (χ4v) is 3.31. The number of nitro groups is 1. The lowest BCUT2D eigenvalue weighted by Crippen LogP contribution is -2.07. The largest absolute Gasteiger partial charge is 0.494 e. The highest BCUT2D eigenvalue weighted by molar-refractivity contribution is 7.22. The van der Waals surface area contributed by atoms with Gasteiger partial charge < -0.3 is 4.74 Å². The normalized spacial score (nSPS) is 11.0. The van der Waals surface area contributed by atoms with Crippen molar-refractivity contribution in [1.29, 1.82) is 0 Å². The summed E-state index contributed by atoms with van der Waals surface area (Å²) >= 11 is 1.19. The molecule has 1 N–H and O–H groups in total. The Hall–Kier alpha value is -3.26. The van der Waals surface area contributed by atoms with Crippen LogP contribution in [0.25, 0.3) is 16.3 Å². The van der Waals surface area contributed by atoms with Gasteiger partial charge in [0.05, 0.1) is 21.7 Å². The Morgan fingerprint density at radius 2 is 2.07 bits per heavy atom. The highest BCUT2D eigenvalue weighted by atomic mass is 32.1. The van der Waals surface area contributed by atoms with Gasteiger partial charge in [-0.05, 0) is 36.3 Å². The van der Waals surface area contributed by atoms with Gasteiger partial charge in [0.25, 0.3) is 5.69 Å². The van der Waals surface area contributed by atoms with Gasteiger partial charge in [-0.1, -0.05) is 36.8 Å². The first-order valence-corrected chi connectivity index (χ1v) is 9.63. The number of thiazole rings is 1. The molecule has 0 saturated heterocycles. The van der Waals surface area contributed by atoms with Crippen molar-refractivity contribution in [3.05, 3.63) is 64.2 Å². The second-order valence-electron chi connectivity index (χ2n) is 6.02. The summed E-state index contributed by atoms with van der Waals surface area (Å²) in [7, 11) is 0. The number of carbonyl (C=O) groups is 1. The van der Waals surface area contributed by atoms with Crippen molar-refractivity contribution >= 4 is 44.4 Å². The fourth-order valence-electron chi connectivity index (χ4n) is 2.41. The van der Waals surface area contributed by atoms with Gasteiger partial charge in [-0.25, -0.2) is 4.98 Å². The van der Waals surface area contributed by atoms with E-state index >= 15 is 0 Å². The number of hydrogen-bond donors (Lipinski definition) is 1. The molecule has 3 rings (SSSR count). The van der Waals surface area contributed by atoms with E-state index in [-0.39, 0.29) is 11.6 Å². The lowest BCUT2D eigenvalue weighted by molar-refractivity contribution is -0.384. The molecule has 0 unspecified atom stereocenters.